The molecule has 32 heavy (non-hydrogen) atoms. The van der Waals surface area contributed by atoms with Crippen molar-refractivity contribution in [2.24, 2.45) is 5.92 Å². The molecule has 1 aliphatic rings. The Bertz CT molecular complexity index is 1070. The molecule has 172 valence electrons. The summed E-state index contributed by atoms with van der Waals surface area (Å²) in [5, 5.41) is 23.4. The highest BCUT2D eigenvalue weighted by molar-refractivity contribution is 5.69. The van der Waals surface area contributed by atoms with Crippen molar-refractivity contribution in [3.8, 4) is 34.4 Å². The Balaban J connectivity index is 1.65. The van der Waals surface area contributed by atoms with Gasteiger partial charge in [-0.25, -0.2) is 14.6 Å². The van der Waals surface area contributed by atoms with Gasteiger partial charge in [-0.3, -0.25) is 0 Å². The SMILES string of the molecule is Cc1nc(-c2cn3c(n2)-c2ccc(OC(CO)CC(C)CO)cc2OCC3)n(C(C)C)n1. The molecule has 0 radical (unpaired) electrons. The van der Waals surface area contributed by atoms with Gasteiger partial charge >= 0.3 is 0 Å². The molecule has 0 aliphatic carbocycles. The summed E-state index contributed by atoms with van der Waals surface area (Å²) in [6.07, 6.45) is 2.17. The molecule has 9 heteroatoms. The molecule has 3 heterocycles. The monoisotopic (exact) mass is 441 g/mol. The number of imidazole rings is 1. The molecule has 0 bridgehead atoms. The fourth-order valence-corrected chi connectivity index (χ4v) is 3.88. The molecule has 3 aromatic rings. The molecular formula is C23H31N5O4. The van der Waals surface area contributed by atoms with Gasteiger partial charge < -0.3 is 24.3 Å². The minimum atomic E-state index is -0.389. The van der Waals surface area contributed by atoms with Crippen LogP contribution in [0.1, 0.15) is 39.1 Å². The Morgan fingerprint density at radius 1 is 1.12 bits per heavy atom. The largest absolute Gasteiger partial charge is 0.491 e. The van der Waals surface area contributed by atoms with Gasteiger partial charge in [-0.15, -0.1) is 0 Å². The third-order valence-corrected chi connectivity index (χ3v) is 5.50. The summed E-state index contributed by atoms with van der Waals surface area (Å²) in [6, 6.07) is 5.81. The predicted molar refractivity (Wildman–Crippen MR) is 120 cm³/mol. The highest BCUT2D eigenvalue weighted by Crippen LogP contribution is 2.36. The Labute approximate surface area is 187 Å². The maximum atomic E-state index is 9.66. The lowest BCUT2D eigenvalue weighted by Crippen LogP contribution is -2.25. The summed E-state index contributed by atoms with van der Waals surface area (Å²) >= 11 is 0. The third kappa shape index (κ3) is 4.49. The quantitative estimate of drug-likeness (QED) is 0.553. The number of aliphatic hydroxyl groups excluding tert-OH is 2. The van der Waals surface area contributed by atoms with Gasteiger partial charge in [0, 0.05) is 24.9 Å². The third-order valence-electron chi connectivity index (χ3n) is 5.50. The van der Waals surface area contributed by atoms with Crippen molar-refractivity contribution in [2.75, 3.05) is 19.8 Å². The highest BCUT2D eigenvalue weighted by Gasteiger charge is 2.23. The Morgan fingerprint density at radius 3 is 2.66 bits per heavy atom. The average Bonchev–Trinajstić information content (AvgIpc) is 3.33. The lowest BCUT2D eigenvalue weighted by atomic mass is 10.1. The van der Waals surface area contributed by atoms with Crippen molar-refractivity contribution in [3.63, 3.8) is 0 Å². The molecule has 2 unspecified atom stereocenters. The van der Waals surface area contributed by atoms with Gasteiger partial charge in [-0.1, -0.05) is 6.92 Å². The lowest BCUT2D eigenvalue weighted by Gasteiger charge is -2.20. The summed E-state index contributed by atoms with van der Waals surface area (Å²) in [5.41, 5.74) is 1.65. The van der Waals surface area contributed by atoms with Gasteiger partial charge in [0.2, 0.25) is 0 Å². The number of aryl methyl sites for hydroxylation is 1. The van der Waals surface area contributed by atoms with Crippen LogP contribution in [0.4, 0.5) is 0 Å². The van der Waals surface area contributed by atoms with Crippen LogP contribution in [0.5, 0.6) is 11.5 Å². The molecule has 0 fully saturated rings. The van der Waals surface area contributed by atoms with Gasteiger partial charge in [0.15, 0.2) is 5.82 Å². The molecular weight excluding hydrogens is 410 g/mol. The zero-order valence-corrected chi connectivity index (χ0v) is 19.0. The van der Waals surface area contributed by atoms with Crippen LogP contribution in [-0.2, 0) is 6.54 Å². The summed E-state index contributed by atoms with van der Waals surface area (Å²) in [5.74, 6) is 3.63. The standard InChI is InChI=1S/C23H31N5O4/c1-14(2)28-23(24-16(4)26-28)20-11-27-7-8-31-21-10-17(5-6-19(21)22(27)25-20)32-18(13-30)9-15(3)12-29/h5-6,10-11,14-15,18,29-30H,7-9,12-13H2,1-4H3. The Kier molecular flexibility index (Phi) is 6.48. The molecule has 4 rings (SSSR count). The normalized spacial score (nSPS) is 15.0. The zero-order chi connectivity index (χ0) is 22.8. The van der Waals surface area contributed by atoms with Crippen LogP contribution in [-0.4, -0.2) is 60.5 Å². The smallest absolute Gasteiger partial charge is 0.178 e. The fourth-order valence-electron chi connectivity index (χ4n) is 3.88. The number of rotatable bonds is 8. The number of aromatic nitrogens is 5. The molecule has 1 aliphatic heterocycles. The summed E-state index contributed by atoms with van der Waals surface area (Å²) in [7, 11) is 0. The van der Waals surface area contributed by atoms with E-state index in [1.54, 1.807) is 0 Å². The molecule has 0 spiro atoms. The Hall–Kier alpha value is -2.91. The van der Waals surface area contributed by atoms with E-state index in [4.69, 9.17) is 14.5 Å². The molecule has 2 aromatic heterocycles. The molecule has 2 N–H and O–H groups in total. The maximum Gasteiger partial charge on any atom is 0.178 e. The topological polar surface area (TPSA) is 107 Å². The lowest BCUT2D eigenvalue weighted by molar-refractivity contribution is 0.0839. The van der Waals surface area contributed by atoms with E-state index >= 15 is 0 Å². The van der Waals surface area contributed by atoms with E-state index in [-0.39, 0.29) is 31.3 Å². The first-order valence-electron chi connectivity index (χ1n) is 11.1. The van der Waals surface area contributed by atoms with Gasteiger partial charge in [-0.2, -0.15) is 5.10 Å². The first-order valence-corrected chi connectivity index (χ1v) is 11.1. The molecule has 0 saturated heterocycles. The van der Waals surface area contributed by atoms with E-state index < -0.39 is 0 Å². The summed E-state index contributed by atoms with van der Waals surface area (Å²) in [6.45, 7) is 9.05. The minimum Gasteiger partial charge on any atom is -0.491 e. The fraction of sp³-hybridized carbons (Fsp3) is 0.522. The van der Waals surface area contributed by atoms with Gasteiger partial charge in [0.25, 0.3) is 0 Å². The molecule has 9 nitrogen and oxygen atoms in total. The second kappa shape index (κ2) is 9.30. The van der Waals surface area contributed by atoms with Crippen molar-refractivity contribution in [2.45, 2.75) is 52.8 Å². The van der Waals surface area contributed by atoms with Crippen LogP contribution in [0.15, 0.2) is 24.4 Å². The number of hydrogen-bond donors (Lipinski definition) is 2. The van der Waals surface area contributed by atoms with E-state index in [0.717, 1.165) is 28.7 Å². The maximum absolute atomic E-state index is 9.66. The first kappa shape index (κ1) is 22.3. The van der Waals surface area contributed by atoms with Gasteiger partial charge in [-0.05, 0) is 45.2 Å². The number of aliphatic hydroxyl groups is 2. The molecule has 2 atom stereocenters. The van der Waals surface area contributed by atoms with E-state index in [0.29, 0.717) is 31.1 Å². The molecule has 0 saturated carbocycles. The zero-order valence-electron chi connectivity index (χ0n) is 19.0. The first-order chi connectivity index (χ1) is 15.4. The molecule has 1 aromatic carbocycles. The van der Waals surface area contributed by atoms with Crippen LogP contribution in [0.3, 0.4) is 0 Å². The molecule has 0 amide bonds. The Morgan fingerprint density at radius 2 is 1.94 bits per heavy atom. The summed E-state index contributed by atoms with van der Waals surface area (Å²) < 4.78 is 15.9. The second-order valence-corrected chi connectivity index (χ2v) is 8.62. The number of benzene rings is 1. The van der Waals surface area contributed by atoms with Crippen LogP contribution in [0.25, 0.3) is 22.9 Å². The van der Waals surface area contributed by atoms with Crippen LogP contribution < -0.4 is 9.47 Å². The highest BCUT2D eigenvalue weighted by atomic mass is 16.5. The van der Waals surface area contributed by atoms with Crippen molar-refractivity contribution in [1.29, 1.82) is 0 Å². The number of hydrogen-bond acceptors (Lipinski definition) is 7. The number of fused-ring (bicyclic) bond motifs is 3. The van der Waals surface area contributed by atoms with E-state index in [9.17, 15) is 10.2 Å². The van der Waals surface area contributed by atoms with E-state index in [1.807, 2.05) is 42.9 Å². The minimum absolute atomic E-state index is 0.0478. The van der Waals surface area contributed by atoms with E-state index in [2.05, 4.69) is 28.5 Å². The van der Waals surface area contributed by atoms with E-state index in [1.165, 1.54) is 0 Å². The summed E-state index contributed by atoms with van der Waals surface area (Å²) in [4.78, 5) is 9.48. The number of ether oxygens (including phenoxy) is 2. The van der Waals surface area contributed by atoms with Crippen molar-refractivity contribution in [3.05, 3.63) is 30.2 Å². The van der Waals surface area contributed by atoms with Gasteiger partial charge in [0.1, 0.15) is 41.6 Å². The van der Waals surface area contributed by atoms with Crippen molar-refractivity contribution in [1.82, 2.24) is 24.3 Å². The number of nitrogens with zero attached hydrogens (tertiary/aromatic N) is 5. The van der Waals surface area contributed by atoms with Crippen LogP contribution >= 0.6 is 0 Å². The van der Waals surface area contributed by atoms with Crippen molar-refractivity contribution < 1.29 is 19.7 Å². The average molecular weight is 442 g/mol. The van der Waals surface area contributed by atoms with Crippen LogP contribution in [0, 0.1) is 12.8 Å². The van der Waals surface area contributed by atoms with Crippen LogP contribution in [0.2, 0.25) is 0 Å². The van der Waals surface area contributed by atoms with Gasteiger partial charge in [0.05, 0.1) is 18.7 Å². The predicted octanol–water partition coefficient (Wildman–Crippen LogP) is 2.85. The van der Waals surface area contributed by atoms with Crippen molar-refractivity contribution >= 4 is 0 Å². The second-order valence-electron chi connectivity index (χ2n) is 8.62.